The predicted octanol–water partition coefficient (Wildman–Crippen LogP) is -1.07. The van der Waals surface area contributed by atoms with E-state index in [4.69, 9.17) is 10.6 Å². The van der Waals surface area contributed by atoms with Crippen molar-refractivity contribution in [3.05, 3.63) is 11.8 Å². The van der Waals surface area contributed by atoms with Crippen LogP contribution in [0, 0.1) is 0 Å². The summed E-state index contributed by atoms with van der Waals surface area (Å²) in [5, 5.41) is 0. The summed E-state index contributed by atoms with van der Waals surface area (Å²) in [6.45, 7) is 0.502. The Kier molecular flexibility index (Phi) is 1.81. The number of rotatable bonds is 1. The van der Waals surface area contributed by atoms with E-state index in [2.05, 4.69) is 5.48 Å². The molecular formula is C5H8N2O2. The Labute approximate surface area is 52.6 Å². The van der Waals surface area contributed by atoms with Crippen molar-refractivity contribution in [3.8, 4) is 0 Å². The van der Waals surface area contributed by atoms with Gasteiger partial charge >= 0.3 is 0 Å². The lowest BCUT2D eigenvalue weighted by Gasteiger charge is -2.11. The summed E-state index contributed by atoms with van der Waals surface area (Å²) >= 11 is 0. The van der Waals surface area contributed by atoms with Crippen LogP contribution in [-0.4, -0.2) is 18.9 Å². The van der Waals surface area contributed by atoms with Crippen molar-refractivity contribution in [2.75, 3.05) is 13.1 Å². The van der Waals surface area contributed by atoms with Crippen LogP contribution in [0.25, 0.3) is 0 Å². The molecule has 0 saturated carbocycles. The van der Waals surface area contributed by atoms with Crippen molar-refractivity contribution >= 4 is 5.78 Å². The van der Waals surface area contributed by atoms with E-state index in [1.165, 1.54) is 6.08 Å². The molecule has 0 aromatic heterocycles. The number of hydrogen-bond donors (Lipinski definition) is 2. The Hall–Kier alpha value is -0.870. The highest BCUT2D eigenvalue weighted by Crippen LogP contribution is 1.96. The molecule has 1 rings (SSSR count). The van der Waals surface area contributed by atoms with Crippen LogP contribution in [-0.2, 0) is 9.63 Å². The maximum absolute atomic E-state index is 10.6. The molecule has 1 aliphatic heterocycles. The van der Waals surface area contributed by atoms with E-state index in [-0.39, 0.29) is 18.9 Å². The fourth-order valence-corrected chi connectivity index (χ4v) is 0.561. The van der Waals surface area contributed by atoms with Gasteiger partial charge in [-0.05, 0) is 0 Å². The number of hydrogen-bond acceptors (Lipinski definition) is 4. The maximum Gasteiger partial charge on any atom is 0.176 e. The molecule has 3 N–H and O–H groups in total. The molecule has 0 aromatic rings. The van der Waals surface area contributed by atoms with Crippen LogP contribution in [0.2, 0.25) is 0 Å². The van der Waals surface area contributed by atoms with Gasteiger partial charge in [0.1, 0.15) is 5.76 Å². The molecular weight excluding hydrogens is 120 g/mol. The number of nitrogens with one attached hydrogen (secondary N) is 1. The summed E-state index contributed by atoms with van der Waals surface area (Å²) in [4.78, 5) is 15.3. The zero-order chi connectivity index (χ0) is 6.69. The minimum Gasteiger partial charge on any atom is -0.411 e. The largest absolute Gasteiger partial charge is 0.411 e. The third kappa shape index (κ3) is 1.51. The van der Waals surface area contributed by atoms with Gasteiger partial charge < -0.3 is 10.6 Å². The summed E-state index contributed by atoms with van der Waals surface area (Å²) in [6, 6.07) is 0. The fourth-order valence-electron chi connectivity index (χ4n) is 0.561. The Morgan fingerprint density at radius 1 is 1.89 bits per heavy atom. The van der Waals surface area contributed by atoms with E-state index in [1.807, 2.05) is 0 Å². The first-order valence-electron chi connectivity index (χ1n) is 2.66. The number of nitrogens with two attached hydrogens (primary N) is 1. The zero-order valence-corrected chi connectivity index (χ0v) is 4.89. The van der Waals surface area contributed by atoms with Gasteiger partial charge in [0.05, 0.1) is 13.1 Å². The first-order valence-corrected chi connectivity index (χ1v) is 2.66. The van der Waals surface area contributed by atoms with Gasteiger partial charge in [0, 0.05) is 6.08 Å². The molecule has 1 aliphatic rings. The van der Waals surface area contributed by atoms with E-state index in [0.29, 0.717) is 5.76 Å². The van der Waals surface area contributed by atoms with E-state index < -0.39 is 0 Å². The highest BCUT2D eigenvalue weighted by molar-refractivity contribution is 5.92. The molecule has 0 radical (unpaired) electrons. The maximum atomic E-state index is 10.6. The van der Waals surface area contributed by atoms with Crippen LogP contribution >= 0.6 is 0 Å². The monoisotopic (exact) mass is 128 g/mol. The van der Waals surface area contributed by atoms with Gasteiger partial charge in [0.15, 0.2) is 5.78 Å². The molecule has 0 spiro atoms. The van der Waals surface area contributed by atoms with E-state index >= 15 is 0 Å². The number of carbonyl (C=O) groups is 1. The molecule has 0 fully saturated rings. The van der Waals surface area contributed by atoms with Crippen LogP contribution in [0.3, 0.4) is 0 Å². The van der Waals surface area contributed by atoms with Gasteiger partial charge in [-0.3, -0.25) is 4.79 Å². The fraction of sp³-hybridized carbons (Fsp3) is 0.400. The average Bonchev–Trinajstić information content (AvgIpc) is 1.88. The second-order valence-corrected chi connectivity index (χ2v) is 1.70. The Morgan fingerprint density at radius 3 is 3.11 bits per heavy atom. The lowest BCUT2D eigenvalue weighted by Crippen LogP contribution is -2.29. The Balaban J connectivity index is 2.59. The molecule has 0 atom stereocenters. The minimum absolute atomic E-state index is 0.00157. The van der Waals surface area contributed by atoms with E-state index in [9.17, 15) is 4.79 Å². The average molecular weight is 128 g/mol. The summed E-state index contributed by atoms with van der Waals surface area (Å²) in [7, 11) is 0. The van der Waals surface area contributed by atoms with Crippen molar-refractivity contribution in [2.24, 2.45) is 5.73 Å². The molecule has 0 saturated heterocycles. The Bertz CT molecular complexity index is 153. The van der Waals surface area contributed by atoms with Crippen LogP contribution in [0.15, 0.2) is 11.8 Å². The van der Waals surface area contributed by atoms with Crippen LogP contribution in [0.5, 0.6) is 0 Å². The molecule has 0 unspecified atom stereocenters. The smallest absolute Gasteiger partial charge is 0.176 e. The molecule has 9 heavy (non-hydrogen) atoms. The second kappa shape index (κ2) is 2.61. The van der Waals surface area contributed by atoms with Gasteiger partial charge in [-0.15, -0.1) is 5.48 Å². The van der Waals surface area contributed by atoms with Crippen LogP contribution < -0.4 is 11.2 Å². The molecule has 0 aromatic carbocycles. The van der Waals surface area contributed by atoms with E-state index in [1.54, 1.807) is 0 Å². The number of hydroxylamine groups is 1. The highest BCUT2D eigenvalue weighted by Gasteiger charge is 2.07. The lowest BCUT2D eigenvalue weighted by atomic mass is 10.3. The standard InChI is InChI=1S/C5H8N2O2/c6-2-5-1-4(8)3-7-9-5/h1,7H,2-3,6H2. The Morgan fingerprint density at radius 2 is 2.67 bits per heavy atom. The molecule has 50 valence electrons. The van der Waals surface area contributed by atoms with Crippen molar-refractivity contribution in [2.45, 2.75) is 0 Å². The summed E-state index contributed by atoms with van der Waals surface area (Å²) < 4.78 is 0. The molecule has 0 amide bonds. The first kappa shape index (κ1) is 6.25. The first-order chi connectivity index (χ1) is 4.33. The normalized spacial score (nSPS) is 18.8. The molecule has 4 heteroatoms. The molecule has 4 nitrogen and oxygen atoms in total. The molecule has 0 bridgehead atoms. The number of carbonyl (C=O) groups excluding carboxylic acids is 1. The van der Waals surface area contributed by atoms with Crippen LogP contribution in [0.4, 0.5) is 0 Å². The van der Waals surface area contributed by atoms with Crippen molar-refractivity contribution in [1.82, 2.24) is 5.48 Å². The lowest BCUT2D eigenvalue weighted by molar-refractivity contribution is -0.117. The van der Waals surface area contributed by atoms with Gasteiger partial charge in [-0.2, -0.15) is 0 Å². The van der Waals surface area contributed by atoms with Crippen molar-refractivity contribution in [3.63, 3.8) is 0 Å². The third-order valence-electron chi connectivity index (χ3n) is 0.973. The third-order valence-corrected chi connectivity index (χ3v) is 0.973. The van der Waals surface area contributed by atoms with Crippen molar-refractivity contribution < 1.29 is 9.63 Å². The summed E-state index contributed by atoms with van der Waals surface area (Å²) in [6.07, 6.45) is 1.40. The number of ketones is 1. The van der Waals surface area contributed by atoms with Crippen molar-refractivity contribution in [1.29, 1.82) is 0 Å². The summed E-state index contributed by atoms with van der Waals surface area (Å²) in [5.41, 5.74) is 7.62. The highest BCUT2D eigenvalue weighted by atomic mass is 16.6. The van der Waals surface area contributed by atoms with Gasteiger partial charge in [0.2, 0.25) is 0 Å². The minimum atomic E-state index is 0.00157. The van der Waals surface area contributed by atoms with Crippen LogP contribution in [0.1, 0.15) is 0 Å². The topological polar surface area (TPSA) is 64.4 Å². The van der Waals surface area contributed by atoms with Gasteiger partial charge in [0.25, 0.3) is 0 Å². The van der Waals surface area contributed by atoms with Gasteiger partial charge in [-0.1, -0.05) is 0 Å². The molecule has 1 heterocycles. The summed E-state index contributed by atoms with van der Waals surface area (Å²) in [5.74, 6) is 0.493. The predicted molar refractivity (Wildman–Crippen MR) is 31.2 cm³/mol. The SMILES string of the molecule is NCC1=CC(=O)CNO1. The zero-order valence-electron chi connectivity index (χ0n) is 4.89. The quantitative estimate of drug-likeness (QED) is 0.472. The van der Waals surface area contributed by atoms with E-state index in [0.717, 1.165) is 0 Å². The second-order valence-electron chi connectivity index (χ2n) is 1.70. The van der Waals surface area contributed by atoms with Gasteiger partial charge in [-0.25, -0.2) is 0 Å². The molecule has 0 aliphatic carbocycles.